The fraction of sp³-hybridized carbons (Fsp3) is 0.321. The largest absolute Gasteiger partial charge is 0.497 e. The first-order chi connectivity index (χ1) is 18.8. The van der Waals surface area contributed by atoms with E-state index in [1.165, 1.54) is 23.0 Å². The summed E-state index contributed by atoms with van der Waals surface area (Å²) in [7, 11) is 4.65. The molecular weight excluding hydrogens is 588 g/mol. The van der Waals surface area contributed by atoms with Gasteiger partial charge in [0.1, 0.15) is 17.5 Å². The lowest BCUT2D eigenvalue weighted by Gasteiger charge is -2.26. The number of hydrogen-bond donors (Lipinski definition) is 0. The summed E-state index contributed by atoms with van der Waals surface area (Å²) in [6.07, 6.45) is 1.77. The lowest BCUT2D eigenvalue weighted by Crippen LogP contribution is -2.40. The molecule has 4 rings (SSSR count). The number of hydrogen-bond acceptors (Lipinski definition) is 9. The van der Waals surface area contributed by atoms with Crippen molar-refractivity contribution in [3.8, 4) is 23.0 Å². The van der Waals surface area contributed by atoms with Crippen molar-refractivity contribution in [1.82, 2.24) is 4.57 Å². The lowest BCUT2D eigenvalue weighted by molar-refractivity contribution is -0.139. The number of carbonyl (C=O) groups excluding carboxylic acids is 1. The molecule has 1 aliphatic heterocycles. The Balaban J connectivity index is 1.98. The third kappa shape index (κ3) is 5.46. The van der Waals surface area contributed by atoms with Gasteiger partial charge in [0.25, 0.3) is 5.56 Å². The minimum Gasteiger partial charge on any atom is -0.497 e. The number of methoxy groups -OCH3 is 3. The molecule has 0 aliphatic carbocycles. The zero-order valence-electron chi connectivity index (χ0n) is 22.5. The van der Waals surface area contributed by atoms with Crippen molar-refractivity contribution < 1.29 is 28.5 Å². The highest BCUT2D eigenvalue weighted by Gasteiger charge is 2.35. The van der Waals surface area contributed by atoms with Crippen LogP contribution in [0.15, 0.2) is 55.9 Å². The summed E-state index contributed by atoms with van der Waals surface area (Å²) >= 11 is 4.80. The molecule has 2 aromatic carbocycles. The molecule has 0 fully saturated rings. The Kier molecular flexibility index (Phi) is 8.81. The average Bonchev–Trinajstić information content (AvgIpc) is 3.23. The van der Waals surface area contributed by atoms with E-state index in [9.17, 15) is 9.59 Å². The van der Waals surface area contributed by atoms with Crippen molar-refractivity contribution in [2.45, 2.75) is 26.8 Å². The quantitative estimate of drug-likeness (QED) is 0.335. The van der Waals surface area contributed by atoms with E-state index >= 15 is 0 Å². The molecule has 0 unspecified atom stereocenters. The van der Waals surface area contributed by atoms with Gasteiger partial charge in [-0.2, -0.15) is 0 Å². The molecule has 1 aromatic heterocycles. The monoisotopic (exact) mass is 616 g/mol. The predicted octanol–water partition coefficient (Wildman–Crippen LogP) is 3.99. The summed E-state index contributed by atoms with van der Waals surface area (Å²) in [6, 6.07) is 8.04. The highest BCUT2D eigenvalue weighted by molar-refractivity contribution is 9.10. The van der Waals surface area contributed by atoms with Crippen molar-refractivity contribution in [3.05, 3.63) is 76.9 Å². The van der Waals surface area contributed by atoms with Crippen LogP contribution < -0.4 is 33.8 Å². The normalized spacial score (nSPS) is 14.9. The average molecular weight is 618 g/mol. The lowest BCUT2D eigenvalue weighted by atomic mass is 9.95. The van der Waals surface area contributed by atoms with Gasteiger partial charge >= 0.3 is 5.97 Å². The van der Waals surface area contributed by atoms with E-state index in [0.29, 0.717) is 50.2 Å². The fourth-order valence-electron chi connectivity index (χ4n) is 4.36. The molecule has 206 valence electrons. The molecule has 1 aliphatic rings. The number of benzene rings is 2. The van der Waals surface area contributed by atoms with Gasteiger partial charge in [-0.25, -0.2) is 9.79 Å². The molecule has 0 saturated carbocycles. The van der Waals surface area contributed by atoms with E-state index in [2.05, 4.69) is 20.9 Å². The number of rotatable bonds is 9. The fourth-order valence-corrected chi connectivity index (χ4v) is 5.83. The summed E-state index contributed by atoms with van der Waals surface area (Å²) in [5.74, 6) is 1.63. The molecule has 9 nitrogen and oxygen atoms in total. The van der Waals surface area contributed by atoms with Crippen molar-refractivity contribution in [2.24, 2.45) is 4.99 Å². The first kappa shape index (κ1) is 28.4. The van der Waals surface area contributed by atoms with Gasteiger partial charge in [0, 0.05) is 16.1 Å². The van der Waals surface area contributed by atoms with Crippen LogP contribution >= 0.6 is 27.3 Å². The molecule has 0 bridgehead atoms. The van der Waals surface area contributed by atoms with Gasteiger partial charge in [0.05, 0.1) is 50.3 Å². The topological polar surface area (TPSA) is 97.6 Å². The van der Waals surface area contributed by atoms with Gasteiger partial charge in [0.2, 0.25) is 0 Å². The number of allylic oxidation sites excluding steroid dienone is 1. The minimum atomic E-state index is -0.818. The number of esters is 1. The van der Waals surface area contributed by atoms with Gasteiger partial charge in [-0.3, -0.25) is 9.36 Å². The number of fused-ring (bicyclic) bond motifs is 1. The zero-order chi connectivity index (χ0) is 28.3. The molecule has 0 spiro atoms. The van der Waals surface area contributed by atoms with E-state index < -0.39 is 12.0 Å². The molecule has 11 heteroatoms. The van der Waals surface area contributed by atoms with Crippen LogP contribution in [0, 0.1) is 0 Å². The van der Waals surface area contributed by atoms with Crippen LogP contribution in [-0.4, -0.2) is 45.1 Å². The smallest absolute Gasteiger partial charge is 0.338 e. The second kappa shape index (κ2) is 12.1. The van der Waals surface area contributed by atoms with Crippen molar-refractivity contribution in [1.29, 1.82) is 0 Å². The maximum atomic E-state index is 14.0. The molecule has 39 heavy (non-hydrogen) atoms. The maximum absolute atomic E-state index is 14.0. The Morgan fingerprint density at radius 3 is 2.44 bits per heavy atom. The molecule has 0 N–H and O–H groups in total. The van der Waals surface area contributed by atoms with Crippen LogP contribution in [0.3, 0.4) is 0 Å². The van der Waals surface area contributed by atoms with Crippen LogP contribution in [0.2, 0.25) is 0 Å². The zero-order valence-corrected chi connectivity index (χ0v) is 24.9. The number of nitrogens with zero attached hydrogens (tertiary/aromatic N) is 2. The summed E-state index contributed by atoms with van der Waals surface area (Å²) < 4.78 is 30.2. The van der Waals surface area contributed by atoms with Crippen LogP contribution in [0.4, 0.5) is 0 Å². The SMILES string of the molecule is CCOC(=O)C1=C(C)N=c2s/c(=C/c3cc(OCC)c(OC)cc3Br)c(=O)n2[C@H]1c1ccc(OC)cc1OC. The van der Waals surface area contributed by atoms with Gasteiger partial charge in [0.15, 0.2) is 16.3 Å². The summed E-state index contributed by atoms with van der Waals surface area (Å²) in [6.45, 7) is 5.99. The molecular formula is C28H29BrN2O7S. The molecule has 0 radical (unpaired) electrons. The van der Waals surface area contributed by atoms with Gasteiger partial charge < -0.3 is 23.7 Å². The Bertz CT molecular complexity index is 1620. The van der Waals surface area contributed by atoms with Crippen molar-refractivity contribution in [2.75, 3.05) is 34.5 Å². The molecule has 3 aromatic rings. The Hall–Kier alpha value is -3.57. The van der Waals surface area contributed by atoms with Crippen LogP contribution in [-0.2, 0) is 9.53 Å². The van der Waals surface area contributed by atoms with E-state index in [-0.39, 0.29) is 17.7 Å². The highest BCUT2D eigenvalue weighted by Crippen LogP contribution is 2.38. The molecule has 0 saturated heterocycles. The second-order valence-electron chi connectivity index (χ2n) is 8.37. The van der Waals surface area contributed by atoms with E-state index in [0.717, 1.165) is 10.0 Å². The third-order valence-electron chi connectivity index (χ3n) is 6.12. The first-order valence-electron chi connectivity index (χ1n) is 12.2. The van der Waals surface area contributed by atoms with E-state index in [4.69, 9.17) is 23.7 Å². The van der Waals surface area contributed by atoms with Crippen molar-refractivity contribution in [3.63, 3.8) is 0 Å². The van der Waals surface area contributed by atoms with Gasteiger partial charge in [-0.15, -0.1) is 0 Å². The van der Waals surface area contributed by atoms with E-state index in [1.54, 1.807) is 58.4 Å². The molecule has 2 heterocycles. The highest BCUT2D eigenvalue weighted by atomic mass is 79.9. The van der Waals surface area contributed by atoms with Crippen molar-refractivity contribution >= 4 is 39.3 Å². The van der Waals surface area contributed by atoms with Crippen LogP contribution in [0.25, 0.3) is 6.08 Å². The summed E-state index contributed by atoms with van der Waals surface area (Å²) in [4.78, 5) is 32.2. The Labute approximate surface area is 238 Å². The minimum absolute atomic E-state index is 0.181. The Morgan fingerprint density at radius 2 is 1.79 bits per heavy atom. The summed E-state index contributed by atoms with van der Waals surface area (Å²) in [5.41, 5.74) is 1.76. The molecule has 1 atom stereocenters. The number of carbonyl (C=O) groups is 1. The second-order valence-corrected chi connectivity index (χ2v) is 10.2. The third-order valence-corrected chi connectivity index (χ3v) is 7.79. The number of aromatic nitrogens is 1. The van der Waals surface area contributed by atoms with Crippen LogP contribution in [0.1, 0.15) is 37.9 Å². The number of thiazole rings is 1. The predicted molar refractivity (Wildman–Crippen MR) is 152 cm³/mol. The van der Waals surface area contributed by atoms with Gasteiger partial charge in [-0.1, -0.05) is 27.3 Å². The van der Waals surface area contributed by atoms with Crippen LogP contribution in [0.5, 0.6) is 23.0 Å². The summed E-state index contributed by atoms with van der Waals surface area (Å²) in [5, 5.41) is 0. The number of ether oxygens (including phenoxy) is 5. The maximum Gasteiger partial charge on any atom is 0.338 e. The molecule has 0 amide bonds. The first-order valence-corrected chi connectivity index (χ1v) is 13.8. The standard InChI is InChI=1S/C28H29BrN2O7S/c1-7-37-22-11-16(19(29)14-21(22)36-6)12-23-26(32)31-25(18-10-9-17(34-4)13-20(18)35-5)24(27(33)38-8-2)15(3)30-28(31)39-23/h9-14,25H,7-8H2,1-6H3/b23-12+/t25-/m0/s1. The number of halogens is 1. The Morgan fingerprint density at radius 1 is 1.05 bits per heavy atom. The van der Waals surface area contributed by atoms with E-state index in [1.807, 2.05) is 13.0 Å². The van der Waals surface area contributed by atoms with Gasteiger partial charge in [-0.05, 0) is 56.7 Å².